The Kier molecular flexibility index (Phi) is 6.19. The van der Waals surface area contributed by atoms with Crippen LogP contribution in [-0.4, -0.2) is 11.3 Å². The molecule has 2 aliphatic heterocycles. The molecule has 0 amide bonds. The molecule has 0 N–H and O–H groups in total. The van der Waals surface area contributed by atoms with E-state index in [0.29, 0.717) is 0 Å². The van der Waals surface area contributed by atoms with Crippen molar-refractivity contribution in [1.29, 1.82) is 0 Å². The zero-order valence-corrected chi connectivity index (χ0v) is 31.8. The molecule has 6 aromatic carbocycles. The summed E-state index contributed by atoms with van der Waals surface area (Å²) in [6.45, 7) is 21.1. The van der Waals surface area contributed by atoms with Crippen molar-refractivity contribution < 1.29 is 4.42 Å². The van der Waals surface area contributed by atoms with Gasteiger partial charge in [0.25, 0.3) is 0 Å². The van der Waals surface area contributed by atoms with Crippen molar-refractivity contribution in [3.63, 3.8) is 0 Å². The zero-order valence-electron chi connectivity index (χ0n) is 31.8. The van der Waals surface area contributed by atoms with Crippen LogP contribution in [0.4, 0.5) is 17.1 Å². The summed E-state index contributed by atoms with van der Waals surface area (Å²) in [4.78, 5) is 2.58. The van der Waals surface area contributed by atoms with Gasteiger partial charge in [-0.05, 0) is 79.8 Å². The lowest BCUT2D eigenvalue weighted by atomic mass is 9.43. The summed E-state index contributed by atoms with van der Waals surface area (Å²) in [5, 5.41) is 4.97. The number of hydrogen-bond acceptors (Lipinski definition) is 2. The van der Waals surface area contributed by atoms with Gasteiger partial charge in [-0.2, -0.15) is 0 Å². The second-order valence-electron chi connectivity index (χ2n) is 18.2. The highest BCUT2D eigenvalue weighted by atomic mass is 16.3. The number of benzene rings is 6. The predicted octanol–water partition coefficient (Wildman–Crippen LogP) is 12.0. The Bertz CT molecular complexity index is 2780. The van der Waals surface area contributed by atoms with Gasteiger partial charge in [0.15, 0.2) is 0 Å². The highest BCUT2D eigenvalue weighted by molar-refractivity contribution is 6.90. The molecule has 0 radical (unpaired) electrons. The minimum atomic E-state index is -0.0933. The molecule has 2 aromatic heterocycles. The first-order valence-corrected chi connectivity index (χ1v) is 18.8. The highest BCUT2D eigenvalue weighted by Gasteiger charge is 2.46. The van der Waals surface area contributed by atoms with E-state index in [9.17, 15) is 0 Å². The molecule has 0 unspecified atom stereocenters. The van der Waals surface area contributed by atoms with Crippen molar-refractivity contribution in [3.05, 3.63) is 126 Å². The van der Waals surface area contributed by atoms with Crippen LogP contribution in [0, 0.1) is 0 Å². The first-order valence-electron chi connectivity index (χ1n) is 18.8. The van der Waals surface area contributed by atoms with Crippen molar-refractivity contribution in [2.24, 2.45) is 0 Å². The molecule has 0 fully saturated rings. The molecule has 8 aromatic rings. The van der Waals surface area contributed by atoms with Gasteiger partial charge in [-0.3, -0.25) is 0 Å². The molecule has 0 spiro atoms. The normalized spacial score (nSPS) is 14.2. The van der Waals surface area contributed by atoms with E-state index in [-0.39, 0.29) is 23.1 Å². The van der Waals surface area contributed by atoms with Gasteiger partial charge in [0.2, 0.25) is 0 Å². The summed E-state index contributed by atoms with van der Waals surface area (Å²) in [7, 11) is 0. The van der Waals surface area contributed by atoms with Gasteiger partial charge in [0.05, 0.1) is 0 Å². The molecule has 0 atom stereocenters. The summed E-state index contributed by atoms with van der Waals surface area (Å²) in [6, 6.07) is 41.2. The number of fused-ring (bicyclic) bond motifs is 11. The van der Waals surface area contributed by atoms with Crippen molar-refractivity contribution in [3.8, 4) is 11.1 Å². The van der Waals surface area contributed by atoms with Gasteiger partial charge >= 0.3 is 6.85 Å². The van der Waals surface area contributed by atoms with Gasteiger partial charge in [-0.1, -0.05) is 135 Å². The van der Waals surface area contributed by atoms with Crippen molar-refractivity contribution >= 4 is 78.6 Å². The smallest absolute Gasteiger partial charge is 0.333 e. The monoisotopic (exact) mass is 676 g/mol. The molecule has 0 saturated carbocycles. The maximum Gasteiger partial charge on any atom is 0.333 e. The maximum atomic E-state index is 6.84. The Balaban J connectivity index is 1.45. The summed E-state index contributed by atoms with van der Waals surface area (Å²) >= 11 is 0. The van der Waals surface area contributed by atoms with Crippen LogP contribution in [0.2, 0.25) is 0 Å². The van der Waals surface area contributed by atoms with Crippen LogP contribution in [0.3, 0.4) is 0 Å². The average molecular weight is 677 g/mol. The van der Waals surface area contributed by atoms with Crippen LogP contribution in [0.5, 0.6) is 0 Å². The number of hydrogen-bond donors (Lipinski definition) is 0. The number of aromatic nitrogens is 1. The third-order valence-electron chi connectivity index (χ3n) is 11.8. The molecule has 256 valence electrons. The van der Waals surface area contributed by atoms with Gasteiger partial charge in [-0.15, -0.1) is 0 Å². The molecule has 4 heteroatoms. The van der Waals surface area contributed by atoms with E-state index in [1.807, 2.05) is 0 Å². The Morgan fingerprint density at radius 1 is 0.538 bits per heavy atom. The topological polar surface area (TPSA) is 21.3 Å². The second kappa shape index (κ2) is 10.2. The molecule has 10 rings (SSSR count). The summed E-state index contributed by atoms with van der Waals surface area (Å²) in [6.07, 6.45) is 0. The maximum absolute atomic E-state index is 6.84. The second-order valence-corrected chi connectivity index (χ2v) is 18.2. The number of para-hydroxylation sites is 3. The van der Waals surface area contributed by atoms with Crippen LogP contribution >= 0.6 is 0 Å². The van der Waals surface area contributed by atoms with Crippen LogP contribution in [0.15, 0.2) is 114 Å². The third kappa shape index (κ3) is 4.21. The standard InChI is InChI=1S/C48H45BN2O/c1-46(2,3)28-24-29(47(4,5)6)26-30(25-28)50-37-22-15-20-35(48(7,8)9)43(37)49-44-38(50)27-40-41(33-17-11-13-23-39(33)52-40)42(44)34-19-14-18-32-31-16-10-12-21-36(31)51(49)45(32)34/h10-27H,1-9H3. The van der Waals surface area contributed by atoms with Gasteiger partial charge in [0.1, 0.15) is 11.2 Å². The Morgan fingerprint density at radius 2 is 1.19 bits per heavy atom. The van der Waals surface area contributed by atoms with E-state index in [1.54, 1.807) is 0 Å². The lowest BCUT2D eigenvalue weighted by Crippen LogP contribution is -2.58. The summed E-state index contributed by atoms with van der Waals surface area (Å²) in [5.41, 5.74) is 17.3. The molecule has 0 bridgehead atoms. The molecule has 3 nitrogen and oxygen atoms in total. The van der Waals surface area contributed by atoms with Gasteiger partial charge in [0, 0.05) is 61.3 Å². The van der Waals surface area contributed by atoms with Crippen molar-refractivity contribution in [2.45, 2.75) is 78.6 Å². The number of rotatable bonds is 1. The Morgan fingerprint density at radius 3 is 1.90 bits per heavy atom. The van der Waals surface area contributed by atoms with E-state index >= 15 is 0 Å². The first-order chi connectivity index (χ1) is 24.7. The molecular weight excluding hydrogens is 631 g/mol. The number of furan rings is 1. The fourth-order valence-electron chi connectivity index (χ4n) is 9.26. The summed E-state index contributed by atoms with van der Waals surface area (Å²) in [5.74, 6) is 0. The minimum absolute atomic E-state index is 0.0266. The molecule has 4 heterocycles. The Labute approximate surface area is 307 Å². The number of nitrogens with zero attached hydrogens (tertiary/aromatic N) is 2. The van der Waals surface area contributed by atoms with E-state index in [1.165, 1.54) is 88.4 Å². The average Bonchev–Trinajstić information content (AvgIpc) is 3.64. The fourth-order valence-corrected chi connectivity index (χ4v) is 9.26. The quantitative estimate of drug-likeness (QED) is 0.161. The predicted molar refractivity (Wildman–Crippen MR) is 223 cm³/mol. The van der Waals surface area contributed by atoms with Crippen LogP contribution in [-0.2, 0) is 16.2 Å². The molecule has 52 heavy (non-hydrogen) atoms. The molecular formula is C48H45BN2O. The zero-order chi connectivity index (χ0) is 36.1. The minimum Gasteiger partial charge on any atom is -0.456 e. The van der Waals surface area contributed by atoms with E-state index in [4.69, 9.17) is 4.42 Å². The molecule has 2 aliphatic rings. The first kappa shape index (κ1) is 31.5. The highest BCUT2D eigenvalue weighted by Crippen LogP contribution is 2.50. The fraction of sp³-hybridized carbons (Fsp3) is 0.250. The van der Waals surface area contributed by atoms with Crippen LogP contribution in [0.25, 0.3) is 54.9 Å². The number of anilines is 3. The van der Waals surface area contributed by atoms with Crippen molar-refractivity contribution in [1.82, 2.24) is 4.48 Å². The van der Waals surface area contributed by atoms with E-state index < -0.39 is 0 Å². The molecule has 0 aliphatic carbocycles. The van der Waals surface area contributed by atoms with Crippen LogP contribution < -0.4 is 15.8 Å². The largest absolute Gasteiger partial charge is 0.456 e. The van der Waals surface area contributed by atoms with Crippen molar-refractivity contribution in [2.75, 3.05) is 4.90 Å². The lowest BCUT2D eigenvalue weighted by molar-refractivity contribution is 0.569. The van der Waals surface area contributed by atoms with Crippen LogP contribution in [0.1, 0.15) is 79.0 Å². The van der Waals surface area contributed by atoms with Gasteiger partial charge < -0.3 is 13.8 Å². The third-order valence-corrected chi connectivity index (χ3v) is 11.8. The lowest BCUT2D eigenvalue weighted by Gasteiger charge is -2.43. The molecule has 0 saturated heterocycles. The summed E-state index contributed by atoms with van der Waals surface area (Å²) < 4.78 is 9.51. The van der Waals surface area contributed by atoms with Gasteiger partial charge in [-0.25, -0.2) is 0 Å². The van der Waals surface area contributed by atoms with E-state index in [2.05, 4.69) is 181 Å². The Hall–Kier alpha value is -5.22. The SMILES string of the molecule is CC(C)(C)c1cc(N2c3cccc(C(C)(C)C)c3B3c4c2cc2oc5ccccc5c2c4-c2cccc4c5ccccc5n3c24)cc(C(C)(C)C)c1. The van der Waals surface area contributed by atoms with E-state index in [0.717, 1.165) is 11.2 Å².